The second-order valence-corrected chi connectivity index (χ2v) is 8.90. The number of aromatic nitrogens is 2. The number of rotatable bonds is 5. The van der Waals surface area contributed by atoms with Crippen molar-refractivity contribution in [2.24, 2.45) is 0 Å². The van der Waals surface area contributed by atoms with Crippen molar-refractivity contribution >= 4 is 10.0 Å². The smallest absolute Gasteiger partial charge is 0.251 e. The number of aryl methyl sites for hydroxylation is 2. The van der Waals surface area contributed by atoms with Crippen molar-refractivity contribution in [3.05, 3.63) is 53.6 Å². The monoisotopic (exact) mass is 420 g/mol. The quantitative estimate of drug-likeness (QED) is 0.626. The predicted octanol–water partition coefficient (Wildman–Crippen LogP) is 2.59. The molecule has 3 heterocycles. The molecule has 0 spiro atoms. The van der Waals surface area contributed by atoms with E-state index >= 15 is 0 Å². The fourth-order valence-corrected chi connectivity index (χ4v) is 4.77. The molecule has 4 rings (SSSR count). The minimum Gasteiger partial charge on any atom is -0.466 e. The Morgan fingerprint density at radius 2 is 1.72 bits per heavy atom. The third-order valence-electron chi connectivity index (χ3n) is 4.88. The summed E-state index contributed by atoms with van der Waals surface area (Å²) < 4.78 is 51.1. The third kappa shape index (κ3) is 4.09. The highest BCUT2D eigenvalue weighted by Crippen LogP contribution is 2.26. The van der Waals surface area contributed by atoms with Crippen LogP contribution in [0.15, 0.2) is 44.1 Å². The zero-order valence-electron chi connectivity index (χ0n) is 16.1. The first kappa shape index (κ1) is 19.7. The maximum Gasteiger partial charge on any atom is 0.251 e. The van der Waals surface area contributed by atoms with Crippen LogP contribution in [0.5, 0.6) is 0 Å². The van der Waals surface area contributed by atoms with E-state index in [-0.39, 0.29) is 4.90 Å². The molecule has 0 N–H and O–H groups in total. The van der Waals surface area contributed by atoms with Gasteiger partial charge in [0.15, 0.2) is 0 Å². The third-order valence-corrected chi connectivity index (χ3v) is 6.79. The van der Waals surface area contributed by atoms with Gasteiger partial charge in [-0.25, -0.2) is 12.8 Å². The second kappa shape index (κ2) is 7.69. The van der Waals surface area contributed by atoms with Crippen molar-refractivity contribution in [3.63, 3.8) is 0 Å². The first-order valence-corrected chi connectivity index (χ1v) is 10.6. The SMILES string of the molecule is Cc1cc(-c2nnc(CN3CCN(S(=O)(=O)c4ccc(F)cc4)CC3)o2)c(C)o1. The number of nitrogens with zero attached hydrogens (tertiary/aromatic N) is 4. The summed E-state index contributed by atoms with van der Waals surface area (Å²) in [5, 5.41) is 8.18. The summed E-state index contributed by atoms with van der Waals surface area (Å²) in [4.78, 5) is 2.15. The molecular weight excluding hydrogens is 399 g/mol. The van der Waals surface area contributed by atoms with Crippen molar-refractivity contribution in [2.75, 3.05) is 26.2 Å². The minimum atomic E-state index is -3.63. The lowest BCUT2D eigenvalue weighted by molar-refractivity contribution is 0.168. The fourth-order valence-electron chi connectivity index (χ4n) is 3.34. The standard InChI is InChI=1S/C19H21FN4O4S/c1-13-11-17(14(2)27-13)19-22-21-18(28-19)12-23-7-9-24(10-8-23)29(25,26)16-5-3-15(20)4-6-16/h3-6,11H,7-10,12H2,1-2H3. The number of hydrogen-bond acceptors (Lipinski definition) is 7. The Hall–Kier alpha value is -2.56. The topological polar surface area (TPSA) is 92.7 Å². The van der Waals surface area contributed by atoms with Gasteiger partial charge in [-0.05, 0) is 44.2 Å². The van der Waals surface area contributed by atoms with Gasteiger partial charge < -0.3 is 8.83 Å². The fraction of sp³-hybridized carbons (Fsp3) is 0.368. The van der Waals surface area contributed by atoms with E-state index in [1.165, 1.54) is 16.4 Å². The van der Waals surface area contributed by atoms with E-state index in [4.69, 9.17) is 8.83 Å². The lowest BCUT2D eigenvalue weighted by Crippen LogP contribution is -2.48. The van der Waals surface area contributed by atoms with Gasteiger partial charge in [0.05, 0.1) is 17.0 Å². The lowest BCUT2D eigenvalue weighted by Gasteiger charge is -2.33. The van der Waals surface area contributed by atoms with Gasteiger partial charge in [-0.3, -0.25) is 4.90 Å². The molecule has 0 unspecified atom stereocenters. The van der Waals surface area contributed by atoms with Crippen LogP contribution in [0, 0.1) is 19.7 Å². The molecule has 0 aliphatic carbocycles. The van der Waals surface area contributed by atoms with Crippen molar-refractivity contribution in [3.8, 4) is 11.5 Å². The Balaban J connectivity index is 1.38. The van der Waals surface area contributed by atoms with Crippen LogP contribution in [0.2, 0.25) is 0 Å². The molecular formula is C19H21FN4O4S. The van der Waals surface area contributed by atoms with Crippen LogP contribution < -0.4 is 0 Å². The number of halogens is 1. The molecule has 2 aromatic heterocycles. The van der Waals surface area contributed by atoms with Gasteiger partial charge in [0.25, 0.3) is 5.89 Å². The average Bonchev–Trinajstić information content (AvgIpc) is 3.28. The number of furan rings is 1. The van der Waals surface area contributed by atoms with Crippen LogP contribution in [0.3, 0.4) is 0 Å². The maximum absolute atomic E-state index is 13.1. The number of benzene rings is 1. The van der Waals surface area contributed by atoms with E-state index in [2.05, 4.69) is 15.1 Å². The van der Waals surface area contributed by atoms with E-state index < -0.39 is 15.8 Å². The molecule has 1 aliphatic rings. The normalized spacial score (nSPS) is 16.4. The summed E-state index contributed by atoms with van der Waals surface area (Å²) in [6.07, 6.45) is 0. The van der Waals surface area contributed by atoms with E-state index in [9.17, 15) is 12.8 Å². The molecule has 10 heteroatoms. The number of hydrogen-bond donors (Lipinski definition) is 0. The molecule has 0 atom stereocenters. The Labute approximate surface area is 168 Å². The molecule has 1 aliphatic heterocycles. The Kier molecular flexibility index (Phi) is 5.24. The Bertz CT molecular complexity index is 1100. The van der Waals surface area contributed by atoms with Crippen LogP contribution >= 0.6 is 0 Å². The van der Waals surface area contributed by atoms with Gasteiger partial charge in [0.1, 0.15) is 17.3 Å². The van der Waals surface area contributed by atoms with E-state index in [1.807, 2.05) is 19.9 Å². The first-order valence-electron chi connectivity index (χ1n) is 9.21. The predicted molar refractivity (Wildman–Crippen MR) is 102 cm³/mol. The highest BCUT2D eigenvalue weighted by molar-refractivity contribution is 7.89. The summed E-state index contributed by atoms with van der Waals surface area (Å²) in [6.45, 7) is 5.86. The highest BCUT2D eigenvalue weighted by atomic mass is 32.2. The molecule has 3 aromatic rings. The summed E-state index contributed by atoms with van der Waals surface area (Å²) in [7, 11) is -3.63. The van der Waals surface area contributed by atoms with Crippen LogP contribution in [-0.2, 0) is 16.6 Å². The van der Waals surface area contributed by atoms with Crippen LogP contribution in [0.1, 0.15) is 17.4 Å². The summed E-state index contributed by atoms with van der Waals surface area (Å²) in [5.74, 6) is 1.90. The molecule has 1 aromatic carbocycles. The second-order valence-electron chi connectivity index (χ2n) is 6.96. The van der Waals surface area contributed by atoms with Gasteiger partial charge >= 0.3 is 0 Å². The number of piperazine rings is 1. The largest absolute Gasteiger partial charge is 0.466 e. The highest BCUT2D eigenvalue weighted by Gasteiger charge is 2.29. The summed E-state index contributed by atoms with van der Waals surface area (Å²) in [6, 6.07) is 6.73. The van der Waals surface area contributed by atoms with Gasteiger partial charge in [-0.1, -0.05) is 0 Å². The molecule has 0 bridgehead atoms. The van der Waals surface area contributed by atoms with Crippen LogP contribution in [0.4, 0.5) is 4.39 Å². The number of sulfonamides is 1. The lowest BCUT2D eigenvalue weighted by atomic mass is 10.2. The van der Waals surface area contributed by atoms with Gasteiger partial charge in [-0.2, -0.15) is 4.31 Å². The van der Waals surface area contributed by atoms with Gasteiger partial charge in [0, 0.05) is 26.2 Å². The van der Waals surface area contributed by atoms with Gasteiger partial charge in [0.2, 0.25) is 15.9 Å². The van der Waals surface area contributed by atoms with Crippen molar-refractivity contribution in [2.45, 2.75) is 25.3 Å². The molecule has 0 amide bonds. The summed E-state index contributed by atoms with van der Waals surface area (Å²) in [5.41, 5.74) is 0.775. The zero-order chi connectivity index (χ0) is 20.6. The molecule has 0 radical (unpaired) electrons. The Morgan fingerprint density at radius 3 is 2.34 bits per heavy atom. The van der Waals surface area contributed by atoms with Crippen molar-refractivity contribution in [1.82, 2.24) is 19.4 Å². The molecule has 1 saturated heterocycles. The van der Waals surface area contributed by atoms with Crippen LogP contribution in [-0.4, -0.2) is 54.0 Å². The summed E-state index contributed by atoms with van der Waals surface area (Å²) >= 11 is 0. The van der Waals surface area contributed by atoms with E-state index in [1.54, 1.807) is 0 Å². The maximum atomic E-state index is 13.1. The first-order chi connectivity index (χ1) is 13.8. The molecule has 0 saturated carbocycles. The minimum absolute atomic E-state index is 0.0969. The van der Waals surface area contributed by atoms with Crippen molar-refractivity contribution in [1.29, 1.82) is 0 Å². The van der Waals surface area contributed by atoms with Crippen molar-refractivity contribution < 1.29 is 21.6 Å². The zero-order valence-corrected chi connectivity index (χ0v) is 16.9. The van der Waals surface area contributed by atoms with Gasteiger partial charge in [-0.15, -0.1) is 10.2 Å². The molecule has 29 heavy (non-hydrogen) atoms. The Morgan fingerprint density at radius 1 is 1.03 bits per heavy atom. The van der Waals surface area contributed by atoms with E-state index in [0.29, 0.717) is 44.5 Å². The molecule has 1 fully saturated rings. The molecule has 8 nitrogen and oxygen atoms in total. The van der Waals surface area contributed by atoms with Crippen LogP contribution in [0.25, 0.3) is 11.5 Å². The molecule has 154 valence electrons. The van der Waals surface area contributed by atoms with E-state index in [0.717, 1.165) is 29.2 Å². The average molecular weight is 420 g/mol.